The van der Waals surface area contributed by atoms with E-state index in [-0.39, 0.29) is 49.1 Å². The van der Waals surface area contributed by atoms with Crippen molar-refractivity contribution in [3.8, 4) is 5.75 Å². The van der Waals surface area contributed by atoms with Crippen molar-refractivity contribution in [2.45, 2.75) is 81.8 Å². The zero-order valence-corrected chi connectivity index (χ0v) is 20.4. The summed E-state index contributed by atoms with van der Waals surface area (Å²) in [6.45, 7) is 0.276. The molecule has 1 saturated heterocycles. The molecule has 2 aromatic rings. The Balaban J connectivity index is 1.21. The summed E-state index contributed by atoms with van der Waals surface area (Å²) in [5.41, 5.74) is 2.72. The Labute approximate surface area is 211 Å². The molecule has 1 saturated carbocycles. The molecule has 3 amide bonds. The van der Waals surface area contributed by atoms with Crippen LogP contribution in [0.5, 0.6) is 5.75 Å². The van der Waals surface area contributed by atoms with Crippen molar-refractivity contribution >= 4 is 17.6 Å². The molecule has 8 heteroatoms. The van der Waals surface area contributed by atoms with E-state index >= 15 is 0 Å². The monoisotopic (exact) mass is 493 g/mol. The van der Waals surface area contributed by atoms with Crippen LogP contribution in [0.1, 0.15) is 62.0 Å². The second-order valence-electron chi connectivity index (χ2n) is 10.1. The SMILES string of the molecule is O=C(C[C@H]1C[C@@H]2c3cc(NC(=O)NC4CCCCC4)ccc3O[C@@H]2[C@H](CO)O1)NCc1ccccc1. The van der Waals surface area contributed by atoms with E-state index in [2.05, 4.69) is 16.0 Å². The minimum atomic E-state index is -0.519. The summed E-state index contributed by atoms with van der Waals surface area (Å²) in [5.74, 6) is 0.619. The molecule has 3 aliphatic rings. The first-order chi connectivity index (χ1) is 17.6. The number of amides is 3. The molecule has 4 atom stereocenters. The summed E-state index contributed by atoms with van der Waals surface area (Å²) in [4.78, 5) is 25.2. The summed E-state index contributed by atoms with van der Waals surface area (Å²) in [6, 6.07) is 15.5. The van der Waals surface area contributed by atoms with E-state index in [1.54, 1.807) is 0 Å². The summed E-state index contributed by atoms with van der Waals surface area (Å²) < 4.78 is 12.2. The van der Waals surface area contributed by atoms with Gasteiger partial charge in [-0.25, -0.2) is 4.79 Å². The van der Waals surface area contributed by atoms with Gasteiger partial charge in [-0.05, 0) is 43.0 Å². The summed E-state index contributed by atoms with van der Waals surface area (Å²) >= 11 is 0. The minimum absolute atomic E-state index is 0.0269. The van der Waals surface area contributed by atoms with Gasteiger partial charge in [-0.1, -0.05) is 49.6 Å². The smallest absolute Gasteiger partial charge is 0.319 e. The van der Waals surface area contributed by atoms with Crippen LogP contribution in [0, 0.1) is 0 Å². The number of hydrogen-bond acceptors (Lipinski definition) is 5. The number of carbonyl (C=O) groups is 2. The third-order valence-electron chi connectivity index (χ3n) is 7.44. The Bertz CT molecular complexity index is 1060. The van der Waals surface area contributed by atoms with Gasteiger partial charge < -0.3 is 30.5 Å². The number of nitrogens with one attached hydrogen (secondary N) is 3. The molecule has 2 aromatic carbocycles. The number of benzene rings is 2. The quantitative estimate of drug-likeness (QED) is 0.469. The Hall–Kier alpha value is -3.10. The minimum Gasteiger partial charge on any atom is -0.487 e. The molecule has 2 fully saturated rings. The number of urea groups is 1. The van der Waals surface area contributed by atoms with Gasteiger partial charge in [-0.3, -0.25) is 4.79 Å². The molecule has 2 aliphatic heterocycles. The van der Waals surface area contributed by atoms with E-state index in [1.807, 2.05) is 48.5 Å². The molecule has 0 radical (unpaired) electrons. The Morgan fingerprint density at radius 2 is 1.83 bits per heavy atom. The van der Waals surface area contributed by atoms with E-state index in [9.17, 15) is 14.7 Å². The lowest BCUT2D eigenvalue weighted by Gasteiger charge is -2.37. The summed E-state index contributed by atoms with van der Waals surface area (Å²) in [5, 5.41) is 19.0. The Kier molecular flexibility index (Phi) is 7.72. The number of aliphatic hydroxyl groups is 1. The van der Waals surface area contributed by atoms with Crippen molar-refractivity contribution in [1.82, 2.24) is 10.6 Å². The van der Waals surface area contributed by atoms with Crippen LogP contribution >= 0.6 is 0 Å². The summed E-state index contributed by atoms with van der Waals surface area (Å²) in [7, 11) is 0. The highest BCUT2D eigenvalue weighted by Gasteiger charge is 2.46. The zero-order chi connectivity index (χ0) is 24.9. The molecule has 0 spiro atoms. The van der Waals surface area contributed by atoms with Crippen LogP contribution in [-0.4, -0.2) is 48.0 Å². The molecular formula is C28H35N3O5. The molecule has 36 heavy (non-hydrogen) atoms. The highest BCUT2D eigenvalue weighted by atomic mass is 16.6. The van der Waals surface area contributed by atoms with E-state index < -0.39 is 6.10 Å². The Morgan fingerprint density at radius 3 is 2.61 bits per heavy atom. The van der Waals surface area contributed by atoms with E-state index in [1.165, 1.54) is 6.42 Å². The lowest BCUT2D eigenvalue weighted by atomic mass is 9.84. The first kappa shape index (κ1) is 24.6. The van der Waals surface area contributed by atoms with Gasteiger partial charge >= 0.3 is 6.03 Å². The normalized spacial score (nSPS) is 25.2. The van der Waals surface area contributed by atoms with Gasteiger partial charge in [-0.15, -0.1) is 0 Å². The van der Waals surface area contributed by atoms with Gasteiger partial charge in [0.25, 0.3) is 0 Å². The number of anilines is 1. The predicted octanol–water partition coefficient (Wildman–Crippen LogP) is 3.84. The summed E-state index contributed by atoms with van der Waals surface area (Å²) in [6.07, 6.45) is 5.24. The fourth-order valence-electron chi connectivity index (χ4n) is 5.64. The topological polar surface area (TPSA) is 109 Å². The van der Waals surface area contributed by atoms with Crippen LogP contribution in [0.3, 0.4) is 0 Å². The van der Waals surface area contributed by atoms with Crippen LogP contribution in [0.2, 0.25) is 0 Å². The number of fused-ring (bicyclic) bond motifs is 3. The number of carbonyl (C=O) groups excluding carboxylic acids is 2. The maximum absolute atomic E-state index is 12.6. The maximum Gasteiger partial charge on any atom is 0.319 e. The fourth-order valence-corrected chi connectivity index (χ4v) is 5.64. The molecule has 192 valence electrons. The zero-order valence-electron chi connectivity index (χ0n) is 20.4. The Morgan fingerprint density at radius 1 is 1.03 bits per heavy atom. The second kappa shape index (κ2) is 11.3. The predicted molar refractivity (Wildman–Crippen MR) is 136 cm³/mol. The molecule has 8 nitrogen and oxygen atoms in total. The molecule has 2 heterocycles. The average Bonchev–Trinajstić information content (AvgIpc) is 3.26. The second-order valence-corrected chi connectivity index (χ2v) is 10.1. The third kappa shape index (κ3) is 5.82. The van der Waals surface area contributed by atoms with Crippen LogP contribution in [0.15, 0.2) is 48.5 Å². The van der Waals surface area contributed by atoms with E-state index in [0.29, 0.717) is 18.7 Å². The highest BCUT2D eigenvalue weighted by Crippen LogP contribution is 2.47. The molecule has 5 rings (SSSR count). The lowest BCUT2D eigenvalue weighted by Crippen LogP contribution is -2.47. The fraction of sp³-hybridized carbons (Fsp3) is 0.500. The van der Waals surface area contributed by atoms with Crippen LogP contribution in [0.25, 0.3) is 0 Å². The van der Waals surface area contributed by atoms with Crippen LogP contribution in [-0.2, 0) is 16.1 Å². The van der Waals surface area contributed by atoms with Crippen LogP contribution < -0.4 is 20.7 Å². The van der Waals surface area contributed by atoms with Crippen molar-refractivity contribution in [3.63, 3.8) is 0 Å². The molecular weight excluding hydrogens is 458 g/mol. The van der Waals surface area contributed by atoms with E-state index in [0.717, 1.165) is 42.6 Å². The number of hydrogen-bond donors (Lipinski definition) is 4. The van der Waals surface area contributed by atoms with Crippen molar-refractivity contribution < 1.29 is 24.2 Å². The highest BCUT2D eigenvalue weighted by molar-refractivity contribution is 5.89. The van der Waals surface area contributed by atoms with Gasteiger partial charge in [0.1, 0.15) is 18.0 Å². The molecule has 0 unspecified atom stereocenters. The lowest BCUT2D eigenvalue weighted by molar-refractivity contribution is -0.142. The standard InChI is InChI=1S/C28H35N3O5/c32-17-25-27-23(14-21(35-25)15-26(33)29-16-18-7-3-1-4-8-18)22-13-20(11-12-24(22)36-27)31-28(34)30-19-9-5-2-6-10-19/h1,3-4,7-8,11-13,19,21,23,25,27,32H,2,5-6,9-10,14-17H2,(H,29,33)(H2,30,31,34)/t21-,23-,25+,27+/m1/s1. The van der Waals surface area contributed by atoms with Crippen LogP contribution in [0.4, 0.5) is 10.5 Å². The van der Waals surface area contributed by atoms with E-state index in [4.69, 9.17) is 9.47 Å². The molecule has 0 aromatic heterocycles. The largest absolute Gasteiger partial charge is 0.487 e. The number of aliphatic hydroxyl groups excluding tert-OH is 1. The third-order valence-corrected chi connectivity index (χ3v) is 7.44. The van der Waals surface area contributed by atoms with Gasteiger partial charge in [0, 0.05) is 29.8 Å². The molecule has 4 N–H and O–H groups in total. The van der Waals surface area contributed by atoms with Gasteiger partial charge in [0.05, 0.1) is 19.1 Å². The maximum atomic E-state index is 12.6. The first-order valence-electron chi connectivity index (χ1n) is 13.0. The van der Waals surface area contributed by atoms with Gasteiger partial charge in [-0.2, -0.15) is 0 Å². The van der Waals surface area contributed by atoms with Crippen molar-refractivity contribution in [2.75, 3.05) is 11.9 Å². The van der Waals surface area contributed by atoms with Gasteiger partial charge in [0.2, 0.25) is 5.91 Å². The van der Waals surface area contributed by atoms with Crippen molar-refractivity contribution in [1.29, 1.82) is 0 Å². The average molecular weight is 494 g/mol. The molecule has 0 bridgehead atoms. The molecule has 1 aliphatic carbocycles. The number of ether oxygens (including phenoxy) is 2. The van der Waals surface area contributed by atoms with Crippen molar-refractivity contribution in [2.24, 2.45) is 0 Å². The van der Waals surface area contributed by atoms with Gasteiger partial charge in [0.15, 0.2) is 0 Å². The first-order valence-corrected chi connectivity index (χ1v) is 13.0. The van der Waals surface area contributed by atoms with Crippen molar-refractivity contribution in [3.05, 3.63) is 59.7 Å². The number of rotatable bonds is 7.